The van der Waals surface area contributed by atoms with Crippen molar-refractivity contribution in [3.05, 3.63) is 34.9 Å². The molecule has 0 heterocycles. The van der Waals surface area contributed by atoms with Crippen molar-refractivity contribution >= 4 is 5.91 Å². The normalized spacial score (nSPS) is 22.5. The number of nitrogens with two attached hydrogens (primary N) is 1. The average Bonchev–Trinajstić information content (AvgIpc) is 2.77. The maximum absolute atomic E-state index is 11.9. The van der Waals surface area contributed by atoms with Gasteiger partial charge in [0.1, 0.15) is 0 Å². The molecule has 1 aromatic carbocycles. The van der Waals surface area contributed by atoms with E-state index < -0.39 is 0 Å². The molecule has 0 aliphatic heterocycles. The highest BCUT2D eigenvalue weighted by Crippen LogP contribution is 2.23. The van der Waals surface area contributed by atoms with Crippen LogP contribution in [0.15, 0.2) is 18.2 Å². The van der Waals surface area contributed by atoms with E-state index in [0.717, 1.165) is 31.4 Å². The molecule has 1 saturated carbocycles. The van der Waals surface area contributed by atoms with Crippen molar-refractivity contribution in [2.75, 3.05) is 6.54 Å². The largest absolute Gasteiger partial charge is 0.356 e. The van der Waals surface area contributed by atoms with Crippen molar-refractivity contribution in [2.45, 2.75) is 45.6 Å². The van der Waals surface area contributed by atoms with Gasteiger partial charge < -0.3 is 11.1 Å². The van der Waals surface area contributed by atoms with Gasteiger partial charge in [-0.1, -0.05) is 18.2 Å². The van der Waals surface area contributed by atoms with Crippen LogP contribution in [0.25, 0.3) is 0 Å². The Hall–Kier alpha value is -1.35. The summed E-state index contributed by atoms with van der Waals surface area (Å²) in [5.41, 5.74) is 9.47. The Kier molecular flexibility index (Phi) is 4.59. The molecule has 2 unspecified atom stereocenters. The quantitative estimate of drug-likeness (QED) is 0.871. The predicted octanol–water partition coefficient (Wildman–Crippen LogP) is 2.09. The number of aryl methyl sites for hydroxylation is 2. The van der Waals surface area contributed by atoms with Gasteiger partial charge in [-0.3, -0.25) is 4.79 Å². The summed E-state index contributed by atoms with van der Waals surface area (Å²) in [5, 5.41) is 3.03. The van der Waals surface area contributed by atoms with Gasteiger partial charge in [-0.25, -0.2) is 0 Å². The Balaban J connectivity index is 1.79. The van der Waals surface area contributed by atoms with Crippen LogP contribution in [0, 0.1) is 19.8 Å². The minimum atomic E-state index is 0.115. The number of carbonyl (C=O) groups excluding carboxylic acids is 1. The zero-order valence-corrected chi connectivity index (χ0v) is 11.9. The molecule has 19 heavy (non-hydrogen) atoms. The van der Waals surface area contributed by atoms with Crippen molar-refractivity contribution < 1.29 is 4.79 Å². The Morgan fingerprint density at radius 3 is 2.74 bits per heavy atom. The fourth-order valence-electron chi connectivity index (χ4n) is 2.72. The van der Waals surface area contributed by atoms with Crippen LogP contribution >= 0.6 is 0 Å². The highest BCUT2D eigenvalue weighted by molar-refractivity contribution is 5.78. The summed E-state index contributed by atoms with van der Waals surface area (Å²) in [7, 11) is 0. The van der Waals surface area contributed by atoms with Gasteiger partial charge in [0.15, 0.2) is 0 Å². The highest BCUT2D eigenvalue weighted by atomic mass is 16.1. The molecule has 3 N–H and O–H groups in total. The number of hydrogen-bond donors (Lipinski definition) is 2. The van der Waals surface area contributed by atoms with Gasteiger partial charge in [-0.05, 0) is 55.7 Å². The first-order chi connectivity index (χ1) is 9.04. The molecule has 2 atom stereocenters. The molecule has 3 heteroatoms. The second-order valence-electron chi connectivity index (χ2n) is 5.84. The van der Waals surface area contributed by atoms with E-state index >= 15 is 0 Å². The van der Waals surface area contributed by atoms with E-state index in [1.807, 2.05) is 6.07 Å². The van der Waals surface area contributed by atoms with Crippen LogP contribution < -0.4 is 11.1 Å². The van der Waals surface area contributed by atoms with Gasteiger partial charge in [0.2, 0.25) is 5.91 Å². The van der Waals surface area contributed by atoms with E-state index in [0.29, 0.717) is 18.4 Å². The molecule has 3 nitrogen and oxygen atoms in total. The molecule has 104 valence electrons. The number of benzene rings is 1. The molecule has 0 saturated heterocycles. The Bertz CT molecular complexity index is 456. The topological polar surface area (TPSA) is 55.1 Å². The minimum Gasteiger partial charge on any atom is -0.356 e. The van der Waals surface area contributed by atoms with Crippen LogP contribution in [0.4, 0.5) is 0 Å². The van der Waals surface area contributed by atoms with Crippen molar-refractivity contribution in [3.8, 4) is 0 Å². The van der Waals surface area contributed by atoms with Gasteiger partial charge in [0.25, 0.3) is 0 Å². The van der Waals surface area contributed by atoms with E-state index in [9.17, 15) is 4.79 Å². The first kappa shape index (κ1) is 14.1. The van der Waals surface area contributed by atoms with Crippen molar-refractivity contribution in [3.63, 3.8) is 0 Å². The maximum Gasteiger partial charge on any atom is 0.224 e. The standard InChI is InChI=1S/C16H24N2O/c1-11-3-4-13(7-12(11)2)9-16(19)18-10-14-5-6-15(17)8-14/h3-4,7,14-15H,5-6,8-10,17H2,1-2H3,(H,18,19). The number of amides is 1. The molecule has 0 bridgehead atoms. The van der Waals surface area contributed by atoms with Crippen molar-refractivity contribution in [2.24, 2.45) is 11.7 Å². The predicted molar refractivity (Wildman–Crippen MR) is 77.9 cm³/mol. The molecule has 0 radical (unpaired) electrons. The highest BCUT2D eigenvalue weighted by Gasteiger charge is 2.21. The lowest BCUT2D eigenvalue weighted by Gasteiger charge is -2.11. The van der Waals surface area contributed by atoms with Crippen LogP contribution in [0.1, 0.15) is 36.0 Å². The molecule has 0 aromatic heterocycles. The Morgan fingerprint density at radius 1 is 1.32 bits per heavy atom. The van der Waals surface area contributed by atoms with Crippen LogP contribution in [0.2, 0.25) is 0 Å². The number of rotatable bonds is 4. The van der Waals surface area contributed by atoms with Gasteiger partial charge in [0.05, 0.1) is 6.42 Å². The fourth-order valence-corrected chi connectivity index (χ4v) is 2.72. The third kappa shape index (κ3) is 4.06. The van der Waals surface area contributed by atoms with Crippen molar-refractivity contribution in [1.82, 2.24) is 5.32 Å². The zero-order chi connectivity index (χ0) is 13.8. The Morgan fingerprint density at radius 2 is 2.11 bits per heavy atom. The number of carbonyl (C=O) groups is 1. The van der Waals surface area contributed by atoms with Gasteiger partial charge in [-0.2, -0.15) is 0 Å². The first-order valence-electron chi connectivity index (χ1n) is 7.13. The maximum atomic E-state index is 11.9. The molecule has 1 aliphatic carbocycles. The van der Waals surface area contributed by atoms with Gasteiger partial charge in [0, 0.05) is 12.6 Å². The second kappa shape index (κ2) is 6.20. The summed E-state index contributed by atoms with van der Waals surface area (Å²) in [6, 6.07) is 6.54. The number of nitrogens with one attached hydrogen (secondary N) is 1. The fraction of sp³-hybridized carbons (Fsp3) is 0.562. The zero-order valence-electron chi connectivity index (χ0n) is 11.9. The van der Waals surface area contributed by atoms with Gasteiger partial charge in [-0.15, -0.1) is 0 Å². The van der Waals surface area contributed by atoms with Crippen LogP contribution in [-0.4, -0.2) is 18.5 Å². The monoisotopic (exact) mass is 260 g/mol. The summed E-state index contributed by atoms with van der Waals surface area (Å²) in [4.78, 5) is 11.9. The third-order valence-corrected chi connectivity index (χ3v) is 4.11. The third-order valence-electron chi connectivity index (χ3n) is 4.11. The lowest BCUT2D eigenvalue weighted by atomic mass is 10.0. The molecule has 0 spiro atoms. The summed E-state index contributed by atoms with van der Waals surface area (Å²) in [6.07, 6.45) is 3.76. The molecular formula is C16H24N2O. The van der Waals surface area contributed by atoms with E-state index in [4.69, 9.17) is 5.73 Å². The SMILES string of the molecule is Cc1ccc(CC(=O)NCC2CCC(N)C2)cc1C. The average molecular weight is 260 g/mol. The summed E-state index contributed by atoms with van der Waals surface area (Å²) in [5.74, 6) is 0.683. The summed E-state index contributed by atoms with van der Waals surface area (Å²) >= 11 is 0. The smallest absolute Gasteiger partial charge is 0.224 e. The first-order valence-corrected chi connectivity index (χ1v) is 7.13. The van der Waals surface area contributed by atoms with E-state index in [1.54, 1.807) is 0 Å². The van der Waals surface area contributed by atoms with E-state index in [1.165, 1.54) is 11.1 Å². The molecule has 1 fully saturated rings. The lowest BCUT2D eigenvalue weighted by molar-refractivity contribution is -0.120. The summed E-state index contributed by atoms with van der Waals surface area (Å²) < 4.78 is 0. The van der Waals surface area contributed by atoms with Crippen LogP contribution in [-0.2, 0) is 11.2 Å². The van der Waals surface area contributed by atoms with Crippen LogP contribution in [0.3, 0.4) is 0 Å². The van der Waals surface area contributed by atoms with E-state index in [2.05, 4.69) is 31.3 Å². The molecule has 1 amide bonds. The molecular weight excluding hydrogens is 236 g/mol. The lowest BCUT2D eigenvalue weighted by Crippen LogP contribution is -2.30. The van der Waals surface area contributed by atoms with Gasteiger partial charge >= 0.3 is 0 Å². The van der Waals surface area contributed by atoms with Crippen molar-refractivity contribution in [1.29, 1.82) is 0 Å². The molecule has 2 rings (SSSR count). The Labute approximate surface area is 115 Å². The summed E-state index contributed by atoms with van der Waals surface area (Å²) in [6.45, 7) is 4.94. The van der Waals surface area contributed by atoms with E-state index in [-0.39, 0.29) is 5.91 Å². The van der Waals surface area contributed by atoms with Crippen LogP contribution in [0.5, 0.6) is 0 Å². The minimum absolute atomic E-state index is 0.115. The molecule has 1 aromatic rings. The second-order valence-corrected chi connectivity index (χ2v) is 5.84. The molecule has 1 aliphatic rings. The number of hydrogen-bond acceptors (Lipinski definition) is 2.